The monoisotopic (exact) mass is 621 g/mol. The van der Waals surface area contributed by atoms with Gasteiger partial charge in [0.1, 0.15) is 0 Å². The standard InChI is InChI=1S/2C20H38O2/c1-3-5-6-7-8-9-10-11-12-13-14-15-16-17-18-19-20(21)22-4-2;1-3-5-6-7-8-9-10-11-12-13-14-15-16-17-18-19(4-2)20(21)22/h11-12H,3-10,13-19H2,1-2H3;11-12,19H,3-10,13-18H2,1-2H3,(H,21,22)/b2*12-11-. The van der Waals surface area contributed by atoms with Crippen LogP contribution in [-0.4, -0.2) is 23.7 Å². The van der Waals surface area contributed by atoms with Gasteiger partial charge >= 0.3 is 11.9 Å². The van der Waals surface area contributed by atoms with Crippen molar-refractivity contribution in [2.75, 3.05) is 6.61 Å². The zero-order chi connectivity index (χ0) is 32.8. The lowest BCUT2D eigenvalue weighted by Crippen LogP contribution is -2.12. The molecule has 0 saturated heterocycles. The van der Waals surface area contributed by atoms with E-state index >= 15 is 0 Å². The molecule has 0 bridgehead atoms. The Bertz CT molecular complexity index is 637. The second kappa shape index (κ2) is 39.4. The largest absolute Gasteiger partial charge is 0.481 e. The lowest BCUT2D eigenvalue weighted by atomic mass is 9.98. The van der Waals surface area contributed by atoms with Crippen molar-refractivity contribution >= 4 is 11.9 Å². The van der Waals surface area contributed by atoms with Crippen molar-refractivity contribution in [1.82, 2.24) is 0 Å². The van der Waals surface area contributed by atoms with Crippen LogP contribution in [0.2, 0.25) is 0 Å². The first-order valence-corrected chi connectivity index (χ1v) is 19.2. The molecule has 0 aromatic carbocycles. The number of rotatable bonds is 32. The van der Waals surface area contributed by atoms with E-state index in [1.165, 1.54) is 141 Å². The molecule has 1 N–H and O–H groups in total. The number of aliphatic carboxylic acids is 1. The van der Waals surface area contributed by atoms with Gasteiger partial charge in [0, 0.05) is 6.42 Å². The number of hydrogen-bond acceptors (Lipinski definition) is 3. The Balaban J connectivity index is 0. The van der Waals surface area contributed by atoms with Crippen molar-refractivity contribution in [3.05, 3.63) is 24.3 Å². The van der Waals surface area contributed by atoms with Crippen LogP contribution in [0.3, 0.4) is 0 Å². The van der Waals surface area contributed by atoms with Crippen molar-refractivity contribution in [3.8, 4) is 0 Å². The van der Waals surface area contributed by atoms with Crippen molar-refractivity contribution in [2.45, 2.75) is 207 Å². The number of allylic oxidation sites excluding steroid dienone is 4. The molecule has 1 atom stereocenters. The van der Waals surface area contributed by atoms with Crippen LogP contribution in [0.25, 0.3) is 0 Å². The number of ether oxygens (including phenoxy) is 1. The minimum Gasteiger partial charge on any atom is -0.481 e. The quantitative estimate of drug-likeness (QED) is 0.0461. The highest BCUT2D eigenvalue weighted by Gasteiger charge is 2.13. The molecule has 0 fully saturated rings. The zero-order valence-corrected chi connectivity index (χ0v) is 30.1. The molecule has 44 heavy (non-hydrogen) atoms. The van der Waals surface area contributed by atoms with Crippen LogP contribution < -0.4 is 0 Å². The zero-order valence-electron chi connectivity index (χ0n) is 30.1. The molecule has 0 spiro atoms. The summed E-state index contributed by atoms with van der Waals surface area (Å²) < 4.78 is 4.91. The predicted molar refractivity (Wildman–Crippen MR) is 192 cm³/mol. The maximum absolute atomic E-state index is 11.1. The lowest BCUT2D eigenvalue weighted by Gasteiger charge is -2.08. The van der Waals surface area contributed by atoms with Gasteiger partial charge in [-0.05, 0) is 77.6 Å². The molecule has 260 valence electrons. The third-order valence-electron chi connectivity index (χ3n) is 8.35. The maximum atomic E-state index is 11.1. The van der Waals surface area contributed by atoms with Gasteiger partial charge in [0.05, 0.1) is 12.5 Å². The summed E-state index contributed by atoms with van der Waals surface area (Å²) in [6, 6.07) is 0. The summed E-state index contributed by atoms with van der Waals surface area (Å²) in [6.45, 7) is 8.86. The smallest absolute Gasteiger partial charge is 0.306 e. The number of carboxylic acid groups (broad SMARTS) is 1. The van der Waals surface area contributed by atoms with Crippen LogP contribution in [0, 0.1) is 5.92 Å². The molecule has 4 nitrogen and oxygen atoms in total. The van der Waals surface area contributed by atoms with Crippen LogP contribution in [0.5, 0.6) is 0 Å². The highest BCUT2D eigenvalue weighted by atomic mass is 16.5. The number of carbonyl (C=O) groups excluding carboxylic acids is 1. The van der Waals surface area contributed by atoms with E-state index in [2.05, 4.69) is 38.2 Å². The summed E-state index contributed by atoms with van der Waals surface area (Å²) in [6.07, 6.45) is 43.7. The van der Waals surface area contributed by atoms with Crippen molar-refractivity contribution < 1.29 is 19.4 Å². The molecular weight excluding hydrogens is 544 g/mol. The van der Waals surface area contributed by atoms with Gasteiger partial charge in [0.15, 0.2) is 0 Å². The summed E-state index contributed by atoms with van der Waals surface area (Å²) in [7, 11) is 0. The summed E-state index contributed by atoms with van der Waals surface area (Å²) >= 11 is 0. The van der Waals surface area contributed by atoms with E-state index < -0.39 is 5.97 Å². The third kappa shape index (κ3) is 38.4. The van der Waals surface area contributed by atoms with Gasteiger partial charge in [-0.2, -0.15) is 0 Å². The number of carbonyl (C=O) groups is 2. The van der Waals surface area contributed by atoms with Gasteiger partial charge in [-0.25, -0.2) is 0 Å². The molecular formula is C40H76O4. The average molecular weight is 621 g/mol. The van der Waals surface area contributed by atoms with Crippen molar-refractivity contribution in [2.24, 2.45) is 5.92 Å². The predicted octanol–water partition coefficient (Wildman–Crippen LogP) is 13.3. The molecule has 0 radical (unpaired) electrons. The first-order chi connectivity index (χ1) is 21.5. The highest BCUT2D eigenvalue weighted by Crippen LogP contribution is 2.15. The van der Waals surface area contributed by atoms with E-state index in [0.717, 1.165) is 32.1 Å². The molecule has 0 amide bonds. The summed E-state index contributed by atoms with van der Waals surface area (Å²) in [4.78, 5) is 22.0. The van der Waals surface area contributed by atoms with Gasteiger partial charge in [-0.15, -0.1) is 0 Å². The number of carboxylic acids is 1. The third-order valence-corrected chi connectivity index (χ3v) is 8.35. The molecule has 4 heteroatoms. The van der Waals surface area contributed by atoms with Gasteiger partial charge in [0.25, 0.3) is 0 Å². The van der Waals surface area contributed by atoms with Gasteiger partial charge < -0.3 is 9.84 Å². The van der Waals surface area contributed by atoms with Crippen molar-refractivity contribution in [3.63, 3.8) is 0 Å². The molecule has 1 unspecified atom stereocenters. The minimum absolute atomic E-state index is 0.0415. The summed E-state index contributed by atoms with van der Waals surface area (Å²) in [5, 5.41) is 8.97. The number of esters is 1. The minimum atomic E-state index is -0.625. The van der Waals surface area contributed by atoms with Gasteiger partial charge in [-0.3, -0.25) is 9.59 Å². The topological polar surface area (TPSA) is 63.6 Å². The van der Waals surface area contributed by atoms with Crippen molar-refractivity contribution in [1.29, 1.82) is 0 Å². The van der Waals surface area contributed by atoms with Gasteiger partial charge in [-0.1, -0.05) is 148 Å². The van der Waals surface area contributed by atoms with Crippen LogP contribution in [0.4, 0.5) is 0 Å². The Labute approximate surface area is 275 Å². The van der Waals surface area contributed by atoms with E-state index in [0.29, 0.717) is 13.0 Å². The second-order valence-electron chi connectivity index (χ2n) is 12.6. The Morgan fingerprint density at radius 2 is 0.886 bits per heavy atom. The first kappa shape index (κ1) is 44.5. The molecule has 0 rings (SSSR count). The van der Waals surface area contributed by atoms with E-state index in [1.54, 1.807) is 0 Å². The SMILES string of the molecule is CCCCCCCC/C=C\CCCCCCC(CC)C(=O)O.CCCCCCCC/C=C\CCCCCCCC(=O)OCC. The van der Waals surface area contributed by atoms with Crippen LogP contribution in [0.15, 0.2) is 24.3 Å². The van der Waals surface area contributed by atoms with Crippen LogP contribution >= 0.6 is 0 Å². The molecule has 0 aromatic heterocycles. The Hall–Kier alpha value is -1.58. The fourth-order valence-corrected chi connectivity index (χ4v) is 5.36. The average Bonchev–Trinajstić information content (AvgIpc) is 3.01. The summed E-state index contributed by atoms with van der Waals surface area (Å²) in [5.41, 5.74) is 0. The molecule has 0 aromatic rings. The van der Waals surface area contributed by atoms with E-state index in [-0.39, 0.29) is 11.9 Å². The van der Waals surface area contributed by atoms with Crippen LogP contribution in [0.1, 0.15) is 207 Å². The van der Waals surface area contributed by atoms with Crippen LogP contribution in [-0.2, 0) is 14.3 Å². The second-order valence-corrected chi connectivity index (χ2v) is 12.6. The molecule has 0 aliphatic heterocycles. The maximum Gasteiger partial charge on any atom is 0.306 e. The van der Waals surface area contributed by atoms with E-state index in [1.807, 2.05) is 13.8 Å². The first-order valence-electron chi connectivity index (χ1n) is 19.2. The molecule has 0 aliphatic rings. The molecule has 0 saturated carbocycles. The molecule has 0 heterocycles. The normalized spacial score (nSPS) is 12.0. The number of unbranched alkanes of at least 4 members (excludes halogenated alkanes) is 21. The fraction of sp³-hybridized carbons (Fsp3) is 0.850. The van der Waals surface area contributed by atoms with E-state index in [4.69, 9.17) is 9.84 Å². The fourth-order valence-electron chi connectivity index (χ4n) is 5.36. The lowest BCUT2D eigenvalue weighted by molar-refractivity contribution is -0.143. The van der Waals surface area contributed by atoms with Gasteiger partial charge in [0.2, 0.25) is 0 Å². The Morgan fingerprint density at radius 3 is 1.25 bits per heavy atom. The number of hydrogen-bond donors (Lipinski definition) is 1. The van der Waals surface area contributed by atoms with E-state index in [9.17, 15) is 9.59 Å². The Kier molecular flexibility index (Phi) is 39.9. The highest BCUT2D eigenvalue weighted by molar-refractivity contribution is 5.69. The molecule has 0 aliphatic carbocycles. The Morgan fingerprint density at radius 1 is 0.523 bits per heavy atom. The summed E-state index contributed by atoms with van der Waals surface area (Å²) in [5.74, 6) is -0.794.